The molecule has 2 aromatic heterocycles. The first-order valence-electron chi connectivity index (χ1n) is 9.39. The quantitative estimate of drug-likeness (QED) is 0.833. The molecule has 0 saturated carbocycles. The summed E-state index contributed by atoms with van der Waals surface area (Å²) in [4.78, 5) is 21.0. The van der Waals surface area contributed by atoms with Gasteiger partial charge in [0.15, 0.2) is 0 Å². The number of ether oxygens (including phenoxy) is 2. The van der Waals surface area contributed by atoms with Gasteiger partial charge in [-0.25, -0.2) is 4.98 Å². The Labute approximate surface area is 163 Å². The van der Waals surface area contributed by atoms with Crippen molar-refractivity contribution in [2.24, 2.45) is 0 Å². The van der Waals surface area contributed by atoms with E-state index in [1.54, 1.807) is 13.1 Å². The lowest BCUT2D eigenvalue weighted by atomic mass is 10.00. The van der Waals surface area contributed by atoms with Crippen LogP contribution < -0.4 is 5.32 Å². The van der Waals surface area contributed by atoms with E-state index in [9.17, 15) is 4.79 Å². The second-order valence-corrected chi connectivity index (χ2v) is 7.82. The number of hydrogen-bond acceptors (Lipinski definition) is 5. The van der Waals surface area contributed by atoms with Crippen LogP contribution in [0.1, 0.15) is 25.3 Å². The van der Waals surface area contributed by atoms with Gasteiger partial charge in [0, 0.05) is 44.3 Å². The smallest absolute Gasteiger partial charge is 0.219 e. The molecule has 4 heterocycles. The van der Waals surface area contributed by atoms with Gasteiger partial charge >= 0.3 is 0 Å². The van der Waals surface area contributed by atoms with E-state index in [-0.39, 0.29) is 17.6 Å². The van der Waals surface area contributed by atoms with Crippen LogP contribution in [0.2, 0.25) is 5.02 Å². The zero-order valence-corrected chi connectivity index (χ0v) is 16.2. The maximum atomic E-state index is 11.8. The normalized spacial score (nSPS) is 26.0. The van der Waals surface area contributed by atoms with Crippen LogP contribution in [0.5, 0.6) is 0 Å². The summed E-state index contributed by atoms with van der Waals surface area (Å²) in [5.74, 6) is 0.0768. The summed E-state index contributed by atoms with van der Waals surface area (Å²) in [6.07, 6.45) is 5.50. The van der Waals surface area contributed by atoms with Crippen molar-refractivity contribution in [2.45, 2.75) is 38.0 Å². The van der Waals surface area contributed by atoms with Crippen LogP contribution in [0.3, 0.4) is 0 Å². The number of aromatic amines is 1. The number of aromatic nitrogens is 2. The summed E-state index contributed by atoms with van der Waals surface area (Å²) in [6.45, 7) is 5.35. The van der Waals surface area contributed by atoms with Crippen LogP contribution in [-0.4, -0.2) is 65.3 Å². The number of hydrogen-bond donors (Lipinski definition) is 2. The Morgan fingerprint density at radius 3 is 3.30 bits per heavy atom. The zero-order valence-electron chi connectivity index (χ0n) is 15.5. The largest absolute Gasteiger partial charge is 0.377 e. The molecule has 8 heteroatoms. The average Bonchev–Trinajstić information content (AvgIpc) is 3.21. The summed E-state index contributed by atoms with van der Waals surface area (Å²) >= 11 is 6.33. The van der Waals surface area contributed by atoms with Gasteiger partial charge in [0.1, 0.15) is 11.2 Å². The van der Waals surface area contributed by atoms with Crippen LogP contribution in [0.4, 0.5) is 0 Å². The lowest BCUT2D eigenvalue weighted by molar-refractivity contribution is -0.133. The molecule has 146 valence electrons. The molecule has 27 heavy (non-hydrogen) atoms. The van der Waals surface area contributed by atoms with E-state index in [4.69, 9.17) is 21.1 Å². The predicted molar refractivity (Wildman–Crippen MR) is 103 cm³/mol. The predicted octanol–water partition coefficient (Wildman–Crippen LogP) is 2.10. The Balaban J connectivity index is 1.35. The minimum absolute atomic E-state index is 0.0768. The van der Waals surface area contributed by atoms with Gasteiger partial charge < -0.3 is 24.7 Å². The molecule has 2 saturated heterocycles. The molecule has 2 aliphatic heterocycles. The van der Waals surface area contributed by atoms with Crippen molar-refractivity contribution < 1.29 is 14.3 Å². The maximum Gasteiger partial charge on any atom is 0.219 e. The highest BCUT2D eigenvalue weighted by Gasteiger charge is 2.43. The highest BCUT2D eigenvalue weighted by Crippen LogP contribution is 2.33. The number of amides is 1. The van der Waals surface area contributed by atoms with Crippen LogP contribution in [-0.2, 0) is 20.8 Å². The molecule has 1 amide bonds. The molecule has 1 spiro atoms. The molecule has 0 aromatic carbocycles. The van der Waals surface area contributed by atoms with Crippen LogP contribution in [0, 0.1) is 0 Å². The molecule has 2 N–H and O–H groups in total. The number of fused-ring (bicyclic) bond motifs is 1. The summed E-state index contributed by atoms with van der Waals surface area (Å²) in [7, 11) is 0. The van der Waals surface area contributed by atoms with Gasteiger partial charge in [-0.15, -0.1) is 0 Å². The molecule has 0 bridgehead atoms. The Morgan fingerprint density at radius 1 is 1.56 bits per heavy atom. The molecule has 2 atom stereocenters. The first-order chi connectivity index (χ1) is 13.1. The van der Waals surface area contributed by atoms with Crippen LogP contribution in [0.25, 0.3) is 11.0 Å². The van der Waals surface area contributed by atoms with Crippen LogP contribution in [0.15, 0.2) is 18.5 Å². The number of H-pyrrole nitrogens is 1. The monoisotopic (exact) mass is 392 g/mol. The minimum atomic E-state index is -0.378. The third kappa shape index (κ3) is 3.96. The lowest BCUT2D eigenvalue weighted by Gasteiger charge is -2.31. The van der Waals surface area contributed by atoms with Crippen molar-refractivity contribution in [3.05, 3.63) is 29.0 Å². The van der Waals surface area contributed by atoms with E-state index < -0.39 is 0 Å². The SMILES string of the molecule is CC(=O)N1CCOC[C@@]2(CC[C@@H](CNCc3c(Cl)cnc4[nH]ccc34)O2)C1. The van der Waals surface area contributed by atoms with E-state index in [1.165, 1.54) is 0 Å². The Bertz CT molecular complexity index is 826. The van der Waals surface area contributed by atoms with E-state index in [0.717, 1.165) is 36.0 Å². The molecular weight excluding hydrogens is 368 g/mol. The molecular formula is C19H25ClN4O3. The molecule has 0 unspecified atom stereocenters. The number of rotatable bonds is 4. The third-order valence-electron chi connectivity index (χ3n) is 5.45. The number of pyridine rings is 1. The van der Waals surface area contributed by atoms with E-state index in [0.29, 0.717) is 37.9 Å². The number of halogens is 1. The number of carbonyl (C=O) groups is 1. The second kappa shape index (κ2) is 7.75. The number of carbonyl (C=O) groups excluding carboxylic acids is 1. The fourth-order valence-electron chi connectivity index (χ4n) is 4.01. The van der Waals surface area contributed by atoms with Gasteiger partial charge in [-0.3, -0.25) is 4.79 Å². The van der Waals surface area contributed by atoms with E-state index >= 15 is 0 Å². The first-order valence-corrected chi connectivity index (χ1v) is 9.76. The van der Waals surface area contributed by atoms with Gasteiger partial charge in [0.25, 0.3) is 0 Å². The number of nitrogens with zero attached hydrogens (tertiary/aromatic N) is 2. The van der Waals surface area contributed by atoms with Gasteiger partial charge in [-0.2, -0.15) is 0 Å². The van der Waals surface area contributed by atoms with Crippen molar-refractivity contribution in [2.75, 3.05) is 32.8 Å². The fourth-order valence-corrected chi connectivity index (χ4v) is 4.23. The minimum Gasteiger partial charge on any atom is -0.377 e. The summed E-state index contributed by atoms with van der Waals surface area (Å²) in [6, 6.07) is 1.99. The van der Waals surface area contributed by atoms with Crippen molar-refractivity contribution in [1.82, 2.24) is 20.2 Å². The topological polar surface area (TPSA) is 79.5 Å². The van der Waals surface area contributed by atoms with Crippen molar-refractivity contribution >= 4 is 28.5 Å². The first kappa shape index (κ1) is 18.7. The van der Waals surface area contributed by atoms with Gasteiger partial charge in [0.05, 0.1) is 30.9 Å². The summed E-state index contributed by atoms with van der Waals surface area (Å²) in [5.41, 5.74) is 1.50. The van der Waals surface area contributed by atoms with E-state index in [1.807, 2.05) is 17.2 Å². The summed E-state index contributed by atoms with van der Waals surface area (Å²) in [5, 5.41) is 5.16. The molecule has 0 radical (unpaired) electrons. The molecule has 0 aliphatic carbocycles. The average molecular weight is 393 g/mol. The summed E-state index contributed by atoms with van der Waals surface area (Å²) < 4.78 is 12.1. The van der Waals surface area contributed by atoms with Crippen LogP contribution >= 0.6 is 11.6 Å². The van der Waals surface area contributed by atoms with E-state index in [2.05, 4.69) is 15.3 Å². The van der Waals surface area contributed by atoms with Gasteiger partial charge in [0.2, 0.25) is 5.91 Å². The Morgan fingerprint density at radius 2 is 2.44 bits per heavy atom. The van der Waals surface area contributed by atoms with Crippen molar-refractivity contribution in [3.63, 3.8) is 0 Å². The second-order valence-electron chi connectivity index (χ2n) is 7.41. The molecule has 2 aliphatic rings. The lowest BCUT2D eigenvalue weighted by Crippen LogP contribution is -2.46. The Hall–Kier alpha value is -1.67. The fraction of sp³-hybridized carbons (Fsp3) is 0.579. The Kier molecular flexibility index (Phi) is 5.36. The van der Waals surface area contributed by atoms with Gasteiger partial charge in [-0.1, -0.05) is 11.6 Å². The zero-order chi connectivity index (χ0) is 18.9. The molecule has 2 fully saturated rings. The van der Waals surface area contributed by atoms with Crippen molar-refractivity contribution in [1.29, 1.82) is 0 Å². The highest BCUT2D eigenvalue weighted by atomic mass is 35.5. The highest BCUT2D eigenvalue weighted by molar-refractivity contribution is 6.32. The maximum absolute atomic E-state index is 11.8. The van der Waals surface area contributed by atoms with Gasteiger partial charge in [-0.05, 0) is 24.5 Å². The number of nitrogens with one attached hydrogen (secondary N) is 2. The standard InChI is InChI=1S/C19H25ClN4O3/c1-13(25)24-6-7-26-12-19(11-24)4-2-14(27-19)8-21-9-16-15-3-5-22-18(15)23-10-17(16)20/h3,5,10,14,21H,2,4,6-9,11-12H2,1H3,(H,22,23)/t14-,19+/m0/s1. The van der Waals surface area contributed by atoms with Crippen molar-refractivity contribution in [3.8, 4) is 0 Å². The molecule has 2 aromatic rings. The molecule has 4 rings (SSSR count). The third-order valence-corrected chi connectivity index (χ3v) is 5.78. The molecule has 7 nitrogen and oxygen atoms in total.